The van der Waals surface area contributed by atoms with Crippen LogP contribution in [0, 0.1) is 0 Å². The van der Waals surface area contributed by atoms with Crippen molar-refractivity contribution >= 4 is 16.9 Å². The van der Waals surface area contributed by atoms with Crippen LogP contribution in [0.4, 0.5) is 0 Å². The zero-order valence-corrected chi connectivity index (χ0v) is 12.0. The number of rotatable bonds is 4. The quantitative estimate of drug-likeness (QED) is 0.772. The van der Waals surface area contributed by atoms with Crippen LogP contribution in [0.5, 0.6) is 0 Å². The molecule has 1 unspecified atom stereocenters. The van der Waals surface area contributed by atoms with E-state index in [1.807, 2.05) is 31.2 Å². The van der Waals surface area contributed by atoms with Gasteiger partial charge in [-0.25, -0.2) is 0 Å². The molecule has 1 atom stereocenters. The fourth-order valence-electron chi connectivity index (χ4n) is 2.33. The van der Waals surface area contributed by atoms with Gasteiger partial charge in [-0.05, 0) is 37.1 Å². The molecular formula is C16H17N3O2. The van der Waals surface area contributed by atoms with Crippen LogP contribution in [0.3, 0.4) is 0 Å². The number of fused-ring (bicyclic) bond motifs is 1. The molecule has 0 saturated heterocycles. The van der Waals surface area contributed by atoms with Crippen molar-refractivity contribution in [2.45, 2.75) is 26.3 Å². The van der Waals surface area contributed by atoms with Crippen LogP contribution < -0.4 is 5.32 Å². The Morgan fingerprint density at radius 3 is 3.00 bits per heavy atom. The first-order valence-electron chi connectivity index (χ1n) is 6.99. The number of carbonyl (C=O) groups excluding carboxylic acids is 1. The summed E-state index contributed by atoms with van der Waals surface area (Å²) in [4.78, 5) is 12.4. The van der Waals surface area contributed by atoms with E-state index in [1.165, 1.54) is 11.8 Å². The lowest BCUT2D eigenvalue weighted by atomic mass is 10.1. The van der Waals surface area contributed by atoms with E-state index in [9.17, 15) is 4.79 Å². The standard InChI is InChI=1S/C16H17N3O2/c1-3-11-4-5-15-12(8-11)13(9-21-15)16(20)18-10(2)14-6-7-17-19-14/h4-10H,3H2,1-2H3,(H,17,19)(H,18,20). The molecule has 0 spiro atoms. The molecule has 0 radical (unpaired) electrons. The smallest absolute Gasteiger partial charge is 0.255 e. The number of amides is 1. The molecular weight excluding hydrogens is 266 g/mol. The van der Waals surface area contributed by atoms with Crippen LogP contribution in [0.25, 0.3) is 11.0 Å². The normalized spacial score (nSPS) is 12.5. The molecule has 2 N–H and O–H groups in total. The molecule has 3 aromatic rings. The third kappa shape index (κ3) is 2.54. The third-order valence-electron chi connectivity index (χ3n) is 3.63. The molecule has 21 heavy (non-hydrogen) atoms. The Bertz CT molecular complexity index is 759. The lowest BCUT2D eigenvalue weighted by Crippen LogP contribution is -2.26. The maximum absolute atomic E-state index is 12.4. The van der Waals surface area contributed by atoms with Gasteiger partial charge in [0.15, 0.2) is 0 Å². The first-order chi connectivity index (χ1) is 10.2. The molecule has 0 aliphatic heterocycles. The number of carbonyl (C=O) groups is 1. The first-order valence-corrected chi connectivity index (χ1v) is 6.99. The van der Waals surface area contributed by atoms with Crippen LogP contribution >= 0.6 is 0 Å². The Morgan fingerprint density at radius 1 is 1.43 bits per heavy atom. The minimum atomic E-state index is -0.149. The van der Waals surface area contributed by atoms with Gasteiger partial charge in [-0.1, -0.05) is 13.0 Å². The molecule has 0 aliphatic carbocycles. The van der Waals surface area contributed by atoms with E-state index in [0.717, 1.165) is 23.1 Å². The fourth-order valence-corrected chi connectivity index (χ4v) is 2.33. The molecule has 0 aliphatic rings. The van der Waals surface area contributed by atoms with Crippen LogP contribution in [0.2, 0.25) is 0 Å². The van der Waals surface area contributed by atoms with E-state index in [1.54, 1.807) is 6.20 Å². The second-order valence-electron chi connectivity index (χ2n) is 5.04. The molecule has 2 aromatic heterocycles. The summed E-state index contributed by atoms with van der Waals surface area (Å²) in [7, 11) is 0. The van der Waals surface area contributed by atoms with Crippen LogP contribution in [-0.2, 0) is 6.42 Å². The van der Waals surface area contributed by atoms with Crippen molar-refractivity contribution in [2.75, 3.05) is 0 Å². The van der Waals surface area contributed by atoms with Crippen molar-refractivity contribution in [2.24, 2.45) is 0 Å². The highest BCUT2D eigenvalue weighted by molar-refractivity contribution is 6.06. The van der Waals surface area contributed by atoms with E-state index in [0.29, 0.717) is 5.56 Å². The maximum Gasteiger partial charge on any atom is 0.255 e. The molecule has 5 nitrogen and oxygen atoms in total. The topological polar surface area (TPSA) is 70.9 Å². The molecule has 2 heterocycles. The molecule has 108 valence electrons. The number of furan rings is 1. The van der Waals surface area contributed by atoms with Gasteiger partial charge in [0.05, 0.1) is 17.3 Å². The van der Waals surface area contributed by atoms with E-state index in [-0.39, 0.29) is 11.9 Å². The van der Waals surface area contributed by atoms with Gasteiger partial charge in [-0.3, -0.25) is 9.89 Å². The average Bonchev–Trinajstić information content (AvgIpc) is 3.15. The fraction of sp³-hybridized carbons (Fsp3) is 0.250. The SMILES string of the molecule is CCc1ccc2occ(C(=O)NC(C)c3ccn[nH]3)c2c1. The minimum Gasteiger partial charge on any atom is -0.463 e. The zero-order chi connectivity index (χ0) is 14.8. The number of aromatic amines is 1. The van der Waals surface area contributed by atoms with Gasteiger partial charge in [-0.2, -0.15) is 5.10 Å². The number of aromatic nitrogens is 2. The predicted molar refractivity (Wildman–Crippen MR) is 80.1 cm³/mol. The number of H-pyrrole nitrogens is 1. The summed E-state index contributed by atoms with van der Waals surface area (Å²) in [5.74, 6) is -0.149. The number of hydrogen-bond acceptors (Lipinski definition) is 3. The zero-order valence-electron chi connectivity index (χ0n) is 12.0. The second kappa shape index (κ2) is 5.44. The third-order valence-corrected chi connectivity index (χ3v) is 3.63. The highest BCUT2D eigenvalue weighted by atomic mass is 16.3. The molecule has 1 amide bonds. The Hall–Kier alpha value is -2.56. The summed E-state index contributed by atoms with van der Waals surface area (Å²) in [5.41, 5.74) is 3.34. The first kappa shape index (κ1) is 13.4. The van der Waals surface area contributed by atoms with Crippen molar-refractivity contribution in [1.82, 2.24) is 15.5 Å². The molecule has 0 bridgehead atoms. The second-order valence-corrected chi connectivity index (χ2v) is 5.04. The van der Waals surface area contributed by atoms with Crippen LogP contribution in [0.1, 0.15) is 41.5 Å². The highest BCUT2D eigenvalue weighted by Gasteiger charge is 2.17. The highest BCUT2D eigenvalue weighted by Crippen LogP contribution is 2.23. The van der Waals surface area contributed by atoms with Crippen molar-refractivity contribution in [3.8, 4) is 0 Å². The summed E-state index contributed by atoms with van der Waals surface area (Å²) in [6.45, 7) is 3.99. The van der Waals surface area contributed by atoms with Gasteiger partial charge >= 0.3 is 0 Å². The van der Waals surface area contributed by atoms with E-state index < -0.39 is 0 Å². The van der Waals surface area contributed by atoms with Crippen LogP contribution in [-0.4, -0.2) is 16.1 Å². The summed E-state index contributed by atoms with van der Waals surface area (Å²) in [5, 5.41) is 10.5. The van der Waals surface area contributed by atoms with Gasteiger partial charge in [0.2, 0.25) is 0 Å². The number of hydrogen-bond donors (Lipinski definition) is 2. The van der Waals surface area contributed by atoms with Gasteiger partial charge in [0, 0.05) is 11.6 Å². The number of benzene rings is 1. The van der Waals surface area contributed by atoms with Gasteiger partial charge < -0.3 is 9.73 Å². The molecule has 1 aromatic carbocycles. The van der Waals surface area contributed by atoms with Crippen molar-refractivity contribution in [1.29, 1.82) is 0 Å². The minimum absolute atomic E-state index is 0.140. The predicted octanol–water partition coefficient (Wildman–Crippen LogP) is 3.21. The Kier molecular flexibility index (Phi) is 3.48. The van der Waals surface area contributed by atoms with Crippen molar-refractivity contribution in [3.63, 3.8) is 0 Å². The Labute approximate surface area is 122 Å². The molecule has 0 saturated carbocycles. The molecule has 3 rings (SSSR count). The monoisotopic (exact) mass is 283 g/mol. The lowest BCUT2D eigenvalue weighted by Gasteiger charge is -2.11. The maximum atomic E-state index is 12.4. The molecule has 0 fully saturated rings. The number of nitrogens with one attached hydrogen (secondary N) is 2. The summed E-state index contributed by atoms with van der Waals surface area (Å²) < 4.78 is 5.46. The van der Waals surface area contributed by atoms with Gasteiger partial charge in [-0.15, -0.1) is 0 Å². The average molecular weight is 283 g/mol. The van der Waals surface area contributed by atoms with Gasteiger partial charge in [0.1, 0.15) is 11.8 Å². The van der Waals surface area contributed by atoms with E-state index >= 15 is 0 Å². The molecule has 5 heteroatoms. The Morgan fingerprint density at radius 2 is 2.29 bits per heavy atom. The van der Waals surface area contributed by atoms with E-state index in [2.05, 4.69) is 22.4 Å². The number of aryl methyl sites for hydroxylation is 1. The van der Waals surface area contributed by atoms with Gasteiger partial charge in [0.25, 0.3) is 5.91 Å². The number of nitrogens with zero attached hydrogens (tertiary/aromatic N) is 1. The van der Waals surface area contributed by atoms with E-state index in [4.69, 9.17) is 4.42 Å². The Balaban J connectivity index is 1.87. The van der Waals surface area contributed by atoms with Crippen LogP contribution in [0.15, 0.2) is 41.1 Å². The largest absolute Gasteiger partial charge is 0.463 e. The summed E-state index contributed by atoms with van der Waals surface area (Å²) in [6, 6.07) is 7.63. The van der Waals surface area contributed by atoms with Crippen molar-refractivity contribution in [3.05, 3.63) is 53.5 Å². The summed E-state index contributed by atoms with van der Waals surface area (Å²) in [6.07, 6.45) is 4.10. The lowest BCUT2D eigenvalue weighted by molar-refractivity contribution is 0.0940. The summed E-state index contributed by atoms with van der Waals surface area (Å²) >= 11 is 0. The van der Waals surface area contributed by atoms with Crippen molar-refractivity contribution < 1.29 is 9.21 Å².